The molecule has 4 nitrogen and oxygen atoms in total. The minimum absolute atomic E-state index is 0.0427. The Hall–Kier alpha value is -2.18. The van der Waals surface area contributed by atoms with Crippen molar-refractivity contribution >= 4 is 5.69 Å². The summed E-state index contributed by atoms with van der Waals surface area (Å²) < 4.78 is 39.2. The number of aromatic amines is 1. The summed E-state index contributed by atoms with van der Waals surface area (Å²) in [5.41, 5.74) is 5.06. The molecule has 0 bridgehead atoms. The Morgan fingerprint density at radius 1 is 1.33 bits per heavy atom. The van der Waals surface area contributed by atoms with Gasteiger partial charge < -0.3 is 5.73 Å². The van der Waals surface area contributed by atoms with Gasteiger partial charge in [-0.2, -0.15) is 13.2 Å². The summed E-state index contributed by atoms with van der Waals surface area (Å²) in [6, 6.07) is 4.54. The second-order valence-electron chi connectivity index (χ2n) is 5.29. The SMILES string of the molecule is CC(C)Cc1[nH]n(-c2cccc(C(F)(F)F)c2)c(=O)c1N. The van der Waals surface area contributed by atoms with E-state index in [0.29, 0.717) is 12.1 Å². The molecule has 2 aromatic rings. The quantitative estimate of drug-likeness (QED) is 0.915. The van der Waals surface area contributed by atoms with Crippen LogP contribution in [0.1, 0.15) is 25.1 Å². The van der Waals surface area contributed by atoms with Crippen LogP contribution in [0.25, 0.3) is 5.69 Å². The fourth-order valence-corrected chi connectivity index (χ4v) is 2.06. The average molecular weight is 299 g/mol. The predicted molar refractivity (Wildman–Crippen MR) is 74.3 cm³/mol. The summed E-state index contributed by atoms with van der Waals surface area (Å²) in [7, 11) is 0. The van der Waals surface area contributed by atoms with Gasteiger partial charge >= 0.3 is 6.18 Å². The summed E-state index contributed by atoms with van der Waals surface area (Å²) in [5.74, 6) is 0.264. The molecule has 2 rings (SSSR count). The van der Waals surface area contributed by atoms with Crippen molar-refractivity contribution in [1.29, 1.82) is 0 Å². The number of benzene rings is 1. The molecular formula is C14H16F3N3O. The van der Waals surface area contributed by atoms with Gasteiger partial charge in [0.2, 0.25) is 0 Å². The van der Waals surface area contributed by atoms with E-state index in [2.05, 4.69) is 5.10 Å². The van der Waals surface area contributed by atoms with Crippen LogP contribution in [0.15, 0.2) is 29.1 Å². The van der Waals surface area contributed by atoms with Crippen LogP contribution in [-0.4, -0.2) is 9.78 Å². The van der Waals surface area contributed by atoms with Gasteiger partial charge in [0.15, 0.2) is 0 Å². The first-order valence-corrected chi connectivity index (χ1v) is 6.47. The third-order valence-corrected chi connectivity index (χ3v) is 3.05. The number of halogens is 3. The summed E-state index contributed by atoms with van der Waals surface area (Å²) in [4.78, 5) is 12.1. The Balaban J connectivity index is 2.50. The maximum atomic E-state index is 12.7. The molecule has 21 heavy (non-hydrogen) atoms. The predicted octanol–water partition coefficient (Wildman–Crippen LogP) is 2.97. The zero-order valence-electron chi connectivity index (χ0n) is 11.7. The number of nitrogens with two attached hydrogens (primary N) is 1. The van der Waals surface area contributed by atoms with Crippen LogP contribution in [-0.2, 0) is 12.6 Å². The van der Waals surface area contributed by atoms with Crippen molar-refractivity contribution in [2.24, 2.45) is 5.92 Å². The third kappa shape index (κ3) is 3.12. The summed E-state index contributed by atoms with van der Waals surface area (Å²) in [6.07, 6.45) is -3.91. The molecule has 0 aliphatic heterocycles. The molecule has 0 spiro atoms. The number of hydrogen-bond donors (Lipinski definition) is 2. The Bertz CT molecular complexity index is 698. The van der Waals surface area contributed by atoms with Crippen LogP contribution in [0.3, 0.4) is 0 Å². The maximum Gasteiger partial charge on any atom is 0.416 e. The molecule has 3 N–H and O–H groups in total. The number of aromatic nitrogens is 2. The molecule has 0 atom stereocenters. The first-order valence-electron chi connectivity index (χ1n) is 6.47. The molecule has 0 fully saturated rings. The smallest absolute Gasteiger partial charge is 0.393 e. The number of rotatable bonds is 3. The van der Waals surface area contributed by atoms with E-state index in [1.54, 1.807) is 0 Å². The molecule has 114 valence electrons. The summed E-state index contributed by atoms with van der Waals surface area (Å²) in [5, 5.41) is 2.79. The van der Waals surface area contributed by atoms with Crippen LogP contribution in [0, 0.1) is 5.92 Å². The maximum absolute atomic E-state index is 12.7. The highest BCUT2D eigenvalue weighted by atomic mass is 19.4. The van der Waals surface area contributed by atoms with E-state index in [1.165, 1.54) is 12.1 Å². The molecule has 0 aliphatic rings. The molecule has 0 amide bonds. The Labute approximate surface area is 119 Å². The van der Waals surface area contributed by atoms with Gasteiger partial charge in [0, 0.05) is 0 Å². The lowest BCUT2D eigenvalue weighted by molar-refractivity contribution is -0.137. The van der Waals surface area contributed by atoms with Crippen molar-refractivity contribution in [3.63, 3.8) is 0 Å². The molecule has 0 saturated heterocycles. The van der Waals surface area contributed by atoms with E-state index in [9.17, 15) is 18.0 Å². The van der Waals surface area contributed by atoms with Gasteiger partial charge in [-0.1, -0.05) is 19.9 Å². The second kappa shape index (κ2) is 5.31. The van der Waals surface area contributed by atoms with E-state index < -0.39 is 17.3 Å². The highest BCUT2D eigenvalue weighted by molar-refractivity contribution is 5.45. The van der Waals surface area contributed by atoms with Crippen molar-refractivity contribution in [2.45, 2.75) is 26.4 Å². The summed E-state index contributed by atoms with van der Waals surface area (Å²) in [6.45, 7) is 3.92. The second-order valence-corrected chi connectivity index (χ2v) is 5.29. The van der Waals surface area contributed by atoms with Crippen molar-refractivity contribution in [2.75, 3.05) is 5.73 Å². The van der Waals surface area contributed by atoms with Gasteiger partial charge in [-0.05, 0) is 30.5 Å². The number of alkyl halides is 3. The van der Waals surface area contributed by atoms with Crippen LogP contribution < -0.4 is 11.3 Å². The number of nitrogen functional groups attached to an aromatic ring is 1. The molecular weight excluding hydrogens is 283 g/mol. The average Bonchev–Trinajstić information content (AvgIpc) is 2.66. The Kier molecular flexibility index (Phi) is 3.85. The van der Waals surface area contributed by atoms with Crippen LogP contribution in [0.2, 0.25) is 0 Å². The zero-order chi connectivity index (χ0) is 15.8. The fraction of sp³-hybridized carbons (Fsp3) is 0.357. The topological polar surface area (TPSA) is 63.8 Å². The van der Waals surface area contributed by atoms with E-state index in [4.69, 9.17) is 5.73 Å². The van der Waals surface area contributed by atoms with Gasteiger partial charge in [-0.3, -0.25) is 9.89 Å². The standard InChI is InChI=1S/C14H16F3N3O/c1-8(2)6-11-12(18)13(21)20(19-11)10-5-3-4-9(7-10)14(15,16)17/h3-5,7-8,19H,6,18H2,1-2H3. The number of hydrogen-bond acceptors (Lipinski definition) is 2. The summed E-state index contributed by atoms with van der Waals surface area (Å²) >= 11 is 0. The van der Waals surface area contributed by atoms with Gasteiger partial charge in [0.1, 0.15) is 5.69 Å². The lowest BCUT2D eigenvalue weighted by Gasteiger charge is -2.09. The number of nitrogens with zero attached hydrogens (tertiary/aromatic N) is 1. The van der Waals surface area contributed by atoms with Crippen LogP contribution in [0.4, 0.5) is 18.9 Å². The minimum Gasteiger partial charge on any atom is -0.393 e. The minimum atomic E-state index is -4.46. The first kappa shape index (κ1) is 15.2. The third-order valence-electron chi connectivity index (χ3n) is 3.05. The lowest BCUT2D eigenvalue weighted by Crippen LogP contribution is -2.17. The molecule has 1 aromatic heterocycles. The largest absolute Gasteiger partial charge is 0.416 e. The zero-order valence-corrected chi connectivity index (χ0v) is 11.7. The first-order chi connectivity index (χ1) is 9.70. The molecule has 0 radical (unpaired) electrons. The van der Waals surface area contributed by atoms with Gasteiger partial charge in [0.05, 0.1) is 16.9 Å². The monoisotopic (exact) mass is 299 g/mol. The van der Waals surface area contributed by atoms with Crippen molar-refractivity contribution in [3.05, 3.63) is 45.9 Å². The number of nitrogens with one attached hydrogen (secondary N) is 1. The van der Waals surface area contributed by atoms with Gasteiger partial charge in [-0.25, -0.2) is 4.68 Å². The molecule has 0 unspecified atom stereocenters. The molecule has 1 aromatic carbocycles. The Morgan fingerprint density at radius 3 is 2.57 bits per heavy atom. The Morgan fingerprint density at radius 2 is 2.00 bits per heavy atom. The fourth-order valence-electron chi connectivity index (χ4n) is 2.06. The number of anilines is 1. The van der Waals surface area contributed by atoms with Crippen molar-refractivity contribution in [3.8, 4) is 5.69 Å². The van der Waals surface area contributed by atoms with Gasteiger partial charge in [0.25, 0.3) is 5.56 Å². The highest BCUT2D eigenvalue weighted by Crippen LogP contribution is 2.30. The molecule has 7 heteroatoms. The molecule has 1 heterocycles. The molecule has 0 saturated carbocycles. The van der Waals surface area contributed by atoms with Crippen molar-refractivity contribution in [1.82, 2.24) is 9.78 Å². The van der Waals surface area contributed by atoms with E-state index in [1.807, 2.05) is 13.8 Å². The van der Waals surface area contributed by atoms with Gasteiger partial charge in [-0.15, -0.1) is 0 Å². The molecule has 0 aliphatic carbocycles. The normalized spacial score (nSPS) is 12.1. The van der Waals surface area contributed by atoms with Crippen molar-refractivity contribution < 1.29 is 13.2 Å². The van der Waals surface area contributed by atoms with E-state index >= 15 is 0 Å². The lowest BCUT2D eigenvalue weighted by atomic mass is 10.1. The van der Waals surface area contributed by atoms with Crippen LogP contribution >= 0.6 is 0 Å². The van der Waals surface area contributed by atoms with E-state index in [-0.39, 0.29) is 17.3 Å². The van der Waals surface area contributed by atoms with E-state index in [0.717, 1.165) is 16.8 Å². The highest BCUT2D eigenvalue weighted by Gasteiger charge is 2.30. The number of H-pyrrole nitrogens is 1. The van der Waals surface area contributed by atoms with Crippen LogP contribution in [0.5, 0.6) is 0 Å².